The number of aromatic nitrogens is 2. The summed E-state index contributed by atoms with van der Waals surface area (Å²) in [6.07, 6.45) is 4.88. The molecular formula is C17H21N3O2. The van der Waals surface area contributed by atoms with E-state index in [4.69, 9.17) is 4.74 Å². The molecule has 2 aromatic rings. The first-order chi connectivity index (χ1) is 10.7. The summed E-state index contributed by atoms with van der Waals surface area (Å²) in [5, 5.41) is 4.39. The van der Waals surface area contributed by atoms with Crippen molar-refractivity contribution < 1.29 is 9.53 Å². The number of amides is 1. The second-order valence-electron chi connectivity index (χ2n) is 5.91. The maximum atomic E-state index is 11.4. The van der Waals surface area contributed by atoms with E-state index in [2.05, 4.69) is 12.0 Å². The largest absolute Gasteiger partial charge is 0.494 e. The molecular weight excluding hydrogens is 278 g/mol. The molecule has 22 heavy (non-hydrogen) atoms. The van der Waals surface area contributed by atoms with Crippen molar-refractivity contribution in [2.45, 2.75) is 32.4 Å². The standard InChI is InChI=1S/C17H21N3O2/c1-13-9-15(10-13)19(12-21)11-14-7-8-18-20(14)16-5-3-4-6-17(16)22-2/h3-8,12-13,15H,9-11H2,1-2H3. The normalized spacial score (nSPS) is 20.3. The Morgan fingerprint density at radius 1 is 1.36 bits per heavy atom. The van der Waals surface area contributed by atoms with Gasteiger partial charge >= 0.3 is 0 Å². The molecule has 1 fully saturated rings. The summed E-state index contributed by atoms with van der Waals surface area (Å²) in [7, 11) is 1.65. The molecule has 0 spiro atoms. The molecule has 1 saturated carbocycles. The van der Waals surface area contributed by atoms with Crippen LogP contribution < -0.4 is 4.74 Å². The fraction of sp³-hybridized carbons (Fsp3) is 0.412. The molecule has 0 unspecified atom stereocenters. The van der Waals surface area contributed by atoms with Gasteiger partial charge in [0.05, 0.1) is 19.3 Å². The van der Waals surface area contributed by atoms with Gasteiger partial charge in [0.1, 0.15) is 11.4 Å². The fourth-order valence-electron chi connectivity index (χ4n) is 3.04. The van der Waals surface area contributed by atoms with Crippen molar-refractivity contribution in [1.29, 1.82) is 0 Å². The minimum Gasteiger partial charge on any atom is -0.494 e. The van der Waals surface area contributed by atoms with Gasteiger partial charge in [-0.2, -0.15) is 5.10 Å². The quantitative estimate of drug-likeness (QED) is 0.770. The van der Waals surface area contributed by atoms with Gasteiger partial charge in [-0.3, -0.25) is 4.79 Å². The van der Waals surface area contributed by atoms with Gasteiger partial charge in [-0.05, 0) is 37.0 Å². The van der Waals surface area contributed by atoms with E-state index in [1.807, 2.05) is 39.9 Å². The summed E-state index contributed by atoms with van der Waals surface area (Å²) in [6.45, 7) is 2.79. The summed E-state index contributed by atoms with van der Waals surface area (Å²) >= 11 is 0. The molecule has 3 rings (SSSR count). The lowest BCUT2D eigenvalue weighted by Gasteiger charge is -2.39. The molecule has 5 nitrogen and oxygen atoms in total. The van der Waals surface area contributed by atoms with Crippen LogP contribution in [-0.2, 0) is 11.3 Å². The fourth-order valence-corrected chi connectivity index (χ4v) is 3.04. The molecule has 0 aliphatic heterocycles. The van der Waals surface area contributed by atoms with Crippen LogP contribution in [0, 0.1) is 5.92 Å². The van der Waals surface area contributed by atoms with E-state index in [0.29, 0.717) is 18.5 Å². The molecule has 1 heterocycles. The Bertz CT molecular complexity index is 647. The Morgan fingerprint density at radius 3 is 2.82 bits per heavy atom. The summed E-state index contributed by atoms with van der Waals surface area (Å²) in [6, 6.07) is 10.1. The smallest absolute Gasteiger partial charge is 0.210 e. The van der Waals surface area contributed by atoms with Gasteiger partial charge in [0, 0.05) is 12.2 Å². The third kappa shape index (κ3) is 2.71. The number of para-hydroxylation sites is 2. The van der Waals surface area contributed by atoms with Crippen LogP contribution in [0.3, 0.4) is 0 Å². The van der Waals surface area contributed by atoms with Crippen LogP contribution >= 0.6 is 0 Å². The lowest BCUT2D eigenvalue weighted by Crippen LogP contribution is -2.43. The predicted molar refractivity (Wildman–Crippen MR) is 83.9 cm³/mol. The van der Waals surface area contributed by atoms with Crippen LogP contribution in [0.1, 0.15) is 25.5 Å². The Morgan fingerprint density at radius 2 is 2.14 bits per heavy atom. The highest BCUT2D eigenvalue weighted by Gasteiger charge is 2.30. The predicted octanol–water partition coefficient (Wildman–Crippen LogP) is 2.64. The summed E-state index contributed by atoms with van der Waals surface area (Å²) in [5.41, 5.74) is 1.87. The Hall–Kier alpha value is -2.30. The van der Waals surface area contributed by atoms with E-state index in [1.165, 1.54) is 0 Å². The molecule has 0 N–H and O–H groups in total. The number of ether oxygens (including phenoxy) is 1. The van der Waals surface area contributed by atoms with Crippen molar-refractivity contribution in [2.75, 3.05) is 7.11 Å². The van der Waals surface area contributed by atoms with Crippen molar-refractivity contribution in [3.63, 3.8) is 0 Å². The summed E-state index contributed by atoms with van der Waals surface area (Å²) in [5.74, 6) is 1.48. The van der Waals surface area contributed by atoms with Crippen molar-refractivity contribution in [1.82, 2.24) is 14.7 Å². The number of hydrogen-bond acceptors (Lipinski definition) is 3. The maximum absolute atomic E-state index is 11.4. The van der Waals surface area contributed by atoms with Gasteiger partial charge in [0.2, 0.25) is 6.41 Å². The third-order valence-electron chi connectivity index (χ3n) is 4.33. The second-order valence-corrected chi connectivity index (χ2v) is 5.91. The van der Waals surface area contributed by atoms with Crippen molar-refractivity contribution in [3.05, 3.63) is 42.2 Å². The van der Waals surface area contributed by atoms with Crippen molar-refractivity contribution >= 4 is 6.41 Å². The molecule has 1 amide bonds. The monoisotopic (exact) mass is 299 g/mol. The molecule has 0 bridgehead atoms. The number of methoxy groups -OCH3 is 1. The first-order valence-electron chi connectivity index (χ1n) is 7.60. The molecule has 116 valence electrons. The van der Waals surface area contributed by atoms with Crippen LogP contribution in [0.5, 0.6) is 5.75 Å². The van der Waals surface area contributed by atoms with Crippen molar-refractivity contribution in [2.24, 2.45) is 5.92 Å². The first kappa shape index (κ1) is 14.6. The minimum atomic E-state index is 0.355. The maximum Gasteiger partial charge on any atom is 0.210 e. The van der Waals surface area contributed by atoms with E-state index in [1.54, 1.807) is 13.3 Å². The third-order valence-corrected chi connectivity index (χ3v) is 4.33. The zero-order chi connectivity index (χ0) is 15.5. The second kappa shape index (κ2) is 6.22. The molecule has 0 atom stereocenters. The number of benzene rings is 1. The molecule has 0 saturated heterocycles. The van der Waals surface area contributed by atoms with Gasteiger partial charge in [0.25, 0.3) is 0 Å². The van der Waals surface area contributed by atoms with Gasteiger partial charge in [-0.15, -0.1) is 0 Å². The molecule has 1 aliphatic carbocycles. The highest BCUT2D eigenvalue weighted by atomic mass is 16.5. The molecule has 1 aromatic heterocycles. The zero-order valence-corrected chi connectivity index (χ0v) is 13.0. The topological polar surface area (TPSA) is 47.4 Å². The highest BCUT2D eigenvalue weighted by Crippen LogP contribution is 2.31. The van der Waals surface area contributed by atoms with Gasteiger partial charge in [0.15, 0.2) is 0 Å². The van der Waals surface area contributed by atoms with Crippen LogP contribution in [-0.4, -0.2) is 34.2 Å². The Balaban J connectivity index is 1.84. The molecule has 0 radical (unpaired) electrons. The number of rotatable bonds is 6. The van der Waals surface area contributed by atoms with Gasteiger partial charge < -0.3 is 9.64 Å². The van der Waals surface area contributed by atoms with E-state index in [0.717, 1.165) is 36.4 Å². The lowest BCUT2D eigenvalue weighted by molar-refractivity contribution is -0.123. The van der Waals surface area contributed by atoms with Crippen LogP contribution in [0.4, 0.5) is 0 Å². The van der Waals surface area contributed by atoms with Crippen LogP contribution in [0.25, 0.3) is 5.69 Å². The van der Waals surface area contributed by atoms with Crippen LogP contribution in [0.2, 0.25) is 0 Å². The average molecular weight is 299 g/mol. The van der Waals surface area contributed by atoms with Gasteiger partial charge in [-0.25, -0.2) is 4.68 Å². The molecule has 1 aliphatic rings. The SMILES string of the molecule is COc1ccccc1-n1nccc1CN(C=O)C1CC(C)C1. The van der Waals surface area contributed by atoms with E-state index in [9.17, 15) is 4.79 Å². The number of carbonyl (C=O) groups is 1. The van der Waals surface area contributed by atoms with E-state index in [-0.39, 0.29) is 0 Å². The highest BCUT2D eigenvalue weighted by molar-refractivity contribution is 5.50. The van der Waals surface area contributed by atoms with Crippen LogP contribution in [0.15, 0.2) is 36.5 Å². The van der Waals surface area contributed by atoms with Crippen molar-refractivity contribution in [3.8, 4) is 11.4 Å². The summed E-state index contributed by atoms with van der Waals surface area (Å²) in [4.78, 5) is 13.3. The number of hydrogen-bond donors (Lipinski definition) is 0. The lowest BCUT2D eigenvalue weighted by atomic mass is 9.81. The van der Waals surface area contributed by atoms with Gasteiger partial charge in [-0.1, -0.05) is 19.1 Å². The number of nitrogens with zero attached hydrogens (tertiary/aromatic N) is 3. The molecule has 1 aromatic carbocycles. The van der Waals surface area contributed by atoms with E-state index < -0.39 is 0 Å². The minimum absolute atomic E-state index is 0.355. The Labute approximate surface area is 130 Å². The van der Waals surface area contributed by atoms with E-state index >= 15 is 0 Å². The first-order valence-corrected chi connectivity index (χ1v) is 7.60. The summed E-state index contributed by atoms with van der Waals surface area (Å²) < 4.78 is 7.25. The molecule has 5 heteroatoms. The zero-order valence-electron chi connectivity index (χ0n) is 13.0. The average Bonchev–Trinajstić information content (AvgIpc) is 2.97. The Kier molecular flexibility index (Phi) is 4.13. The number of carbonyl (C=O) groups excluding carboxylic acids is 1.